The van der Waals surface area contributed by atoms with E-state index in [0.717, 1.165) is 32.1 Å². The van der Waals surface area contributed by atoms with Gasteiger partial charge < -0.3 is 108 Å². The molecule has 0 amide bonds. The molecule has 0 aromatic heterocycles. The van der Waals surface area contributed by atoms with E-state index in [9.17, 15) is 61.0 Å². The molecule has 5 aliphatic rings. The van der Waals surface area contributed by atoms with Crippen LogP contribution in [-0.4, -0.2) is 232 Å². The van der Waals surface area contributed by atoms with Gasteiger partial charge in [-0.05, 0) is 12.8 Å². The Morgan fingerprint density at radius 2 is 0.828 bits per heavy atom. The Labute approximate surface area is 333 Å². The van der Waals surface area contributed by atoms with Gasteiger partial charge in [0.05, 0.1) is 40.1 Å². The van der Waals surface area contributed by atoms with Crippen molar-refractivity contribution >= 4 is 5.97 Å². The second kappa shape index (κ2) is 22.6. The Morgan fingerprint density at radius 1 is 0.448 bits per heavy atom. The fraction of sp³-hybridized carbons (Fsp3) is 0.971. The lowest BCUT2D eigenvalue weighted by atomic mass is 10.1. The molecule has 20 atom stereocenters. The fourth-order valence-corrected chi connectivity index (χ4v) is 7.21. The van der Waals surface area contributed by atoms with E-state index >= 15 is 0 Å². The molecule has 58 heavy (non-hydrogen) atoms. The highest BCUT2D eigenvalue weighted by molar-refractivity contribution is 5.68. The zero-order chi connectivity index (χ0) is 42.1. The molecule has 5 saturated heterocycles. The molecule has 0 aromatic rings. The van der Waals surface area contributed by atoms with Gasteiger partial charge in [0, 0.05) is 13.0 Å². The standard InChI is InChI=1S/C35H60O23/c1-48-20(38)8-6-4-2-3-5-7-9-49-31-26(44)23(41)17(55-31)12-50-33-27(45)24(42)18(56-33)13-51-34-29(47)30(58-35-28(46)22(40)16(11-37)54-35)19(57-34)14-52-32-25(43)21(39)15(10-36)53-32/h15-19,21-37,39-47H,2-14H2,1H3/t15-,16-,17-,18-,19-,21-,22-,23-,24-,25+,26+,27+,28+,29+,30-,31+,32+,33+,34+,35-/m1/s1. The Balaban J connectivity index is 1.07. The van der Waals surface area contributed by atoms with E-state index in [1.165, 1.54) is 7.11 Å². The van der Waals surface area contributed by atoms with Crippen LogP contribution in [0.3, 0.4) is 0 Å². The summed E-state index contributed by atoms with van der Waals surface area (Å²) in [6, 6.07) is 0. The van der Waals surface area contributed by atoms with Gasteiger partial charge in [-0.1, -0.05) is 25.7 Å². The van der Waals surface area contributed by atoms with Gasteiger partial charge in [-0.15, -0.1) is 0 Å². The van der Waals surface area contributed by atoms with Gasteiger partial charge in [0.1, 0.15) is 91.6 Å². The van der Waals surface area contributed by atoms with E-state index in [2.05, 4.69) is 4.74 Å². The summed E-state index contributed by atoms with van der Waals surface area (Å²) in [4.78, 5) is 11.2. The van der Waals surface area contributed by atoms with Crippen molar-refractivity contribution in [2.75, 3.05) is 46.8 Å². The van der Waals surface area contributed by atoms with Gasteiger partial charge in [0.25, 0.3) is 0 Å². The van der Waals surface area contributed by atoms with Gasteiger partial charge in [0.15, 0.2) is 31.5 Å². The highest BCUT2D eigenvalue weighted by Gasteiger charge is 2.53. The number of esters is 1. The Hall–Kier alpha value is -1.37. The molecular weight excluding hydrogens is 788 g/mol. The first-order valence-electron chi connectivity index (χ1n) is 19.6. The van der Waals surface area contributed by atoms with Crippen LogP contribution in [0.1, 0.15) is 44.9 Å². The summed E-state index contributed by atoms with van der Waals surface area (Å²) >= 11 is 0. The normalized spacial score (nSPS) is 44.1. The number of unbranched alkanes of at least 4 members (excludes halogenated alkanes) is 5. The number of rotatable bonds is 23. The number of aliphatic hydroxyl groups excluding tert-OH is 11. The molecule has 11 N–H and O–H groups in total. The van der Waals surface area contributed by atoms with Crippen molar-refractivity contribution in [1.82, 2.24) is 0 Å². The second-order valence-electron chi connectivity index (χ2n) is 14.9. The highest BCUT2D eigenvalue weighted by atomic mass is 16.8. The van der Waals surface area contributed by atoms with Crippen LogP contribution in [-0.2, 0) is 56.9 Å². The first kappa shape index (κ1) is 47.7. The molecule has 5 heterocycles. The average Bonchev–Trinajstić information content (AvgIpc) is 3.94. The van der Waals surface area contributed by atoms with Crippen LogP contribution < -0.4 is 0 Å². The molecule has 0 radical (unpaired) electrons. The summed E-state index contributed by atoms with van der Waals surface area (Å²) in [5, 5.41) is 113. The summed E-state index contributed by atoms with van der Waals surface area (Å²) in [7, 11) is 1.36. The van der Waals surface area contributed by atoms with E-state index in [1.54, 1.807) is 0 Å². The molecule has 23 heteroatoms. The smallest absolute Gasteiger partial charge is 0.305 e. The van der Waals surface area contributed by atoms with Gasteiger partial charge >= 0.3 is 5.97 Å². The molecule has 23 nitrogen and oxygen atoms in total. The van der Waals surface area contributed by atoms with E-state index in [4.69, 9.17) is 47.4 Å². The Bertz CT molecular complexity index is 1220. The van der Waals surface area contributed by atoms with Crippen molar-refractivity contribution in [1.29, 1.82) is 0 Å². The molecular formula is C35H60O23. The second-order valence-corrected chi connectivity index (χ2v) is 14.9. The van der Waals surface area contributed by atoms with Crippen molar-refractivity contribution in [2.45, 2.75) is 168 Å². The molecule has 338 valence electrons. The van der Waals surface area contributed by atoms with Crippen molar-refractivity contribution in [3.05, 3.63) is 0 Å². The van der Waals surface area contributed by atoms with Crippen LogP contribution in [0.4, 0.5) is 0 Å². The van der Waals surface area contributed by atoms with Crippen molar-refractivity contribution < 1.29 is 113 Å². The monoisotopic (exact) mass is 848 g/mol. The van der Waals surface area contributed by atoms with E-state index in [-0.39, 0.29) is 19.2 Å². The zero-order valence-electron chi connectivity index (χ0n) is 32.1. The predicted octanol–water partition coefficient (Wildman–Crippen LogP) is -5.80. The van der Waals surface area contributed by atoms with Gasteiger partial charge in [-0.3, -0.25) is 4.79 Å². The lowest BCUT2D eigenvalue weighted by Gasteiger charge is -2.26. The third kappa shape index (κ3) is 11.8. The van der Waals surface area contributed by atoms with Crippen LogP contribution in [0.15, 0.2) is 0 Å². The van der Waals surface area contributed by atoms with Crippen LogP contribution >= 0.6 is 0 Å². The van der Waals surface area contributed by atoms with Crippen molar-refractivity contribution in [3.63, 3.8) is 0 Å². The van der Waals surface area contributed by atoms with Crippen molar-refractivity contribution in [3.8, 4) is 0 Å². The summed E-state index contributed by atoms with van der Waals surface area (Å²) < 4.78 is 60.7. The fourth-order valence-electron chi connectivity index (χ4n) is 7.21. The zero-order valence-corrected chi connectivity index (χ0v) is 32.1. The lowest BCUT2D eigenvalue weighted by molar-refractivity contribution is -0.229. The Morgan fingerprint density at radius 3 is 1.33 bits per heavy atom. The lowest BCUT2D eigenvalue weighted by Crippen LogP contribution is -2.44. The van der Waals surface area contributed by atoms with Gasteiger partial charge in [0.2, 0.25) is 0 Å². The third-order valence-corrected chi connectivity index (χ3v) is 10.8. The number of ether oxygens (including phenoxy) is 11. The van der Waals surface area contributed by atoms with Crippen LogP contribution in [0.2, 0.25) is 0 Å². The number of hydrogen-bond donors (Lipinski definition) is 11. The minimum atomic E-state index is -1.65. The first-order chi connectivity index (χ1) is 27.8. The average molecular weight is 849 g/mol. The topological polar surface area (TPSA) is 341 Å². The minimum Gasteiger partial charge on any atom is -0.469 e. The maximum absolute atomic E-state index is 11.2. The molecule has 5 fully saturated rings. The molecule has 5 aliphatic heterocycles. The van der Waals surface area contributed by atoms with Crippen LogP contribution in [0.25, 0.3) is 0 Å². The molecule has 5 rings (SSSR count). The predicted molar refractivity (Wildman–Crippen MR) is 185 cm³/mol. The molecule has 0 aliphatic carbocycles. The highest BCUT2D eigenvalue weighted by Crippen LogP contribution is 2.33. The van der Waals surface area contributed by atoms with E-state index in [0.29, 0.717) is 12.8 Å². The number of hydrogen-bond acceptors (Lipinski definition) is 23. The van der Waals surface area contributed by atoms with Gasteiger partial charge in [-0.25, -0.2) is 0 Å². The molecule has 0 saturated carbocycles. The molecule has 0 unspecified atom stereocenters. The number of carbonyl (C=O) groups is 1. The van der Waals surface area contributed by atoms with Crippen LogP contribution in [0, 0.1) is 0 Å². The number of carbonyl (C=O) groups excluding carboxylic acids is 1. The molecule has 0 bridgehead atoms. The van der Waals surface area contributed by atoms with E-state index < -0.39 is 149 Å². The summed E-state index contributed by atoms with van der Waals surface area (Å²) in [5.41, 5.74) is 0. The Kier molecular flexibility index (Phi) is 18.6. The summed E-state index contributed by atoms with van der Waals surface area (Å²) in [5.74, 6) is -0.229. The minimum absolute atomic E-state index is 0.229. The first-order valence-corrected chi connectivity index (χ1v) is 19.6. The largest absolute Gasteiger partial charge is 0.469 e. The summed E-state index contributed by atoms with van der Waals surface area (Å²) in [6.45, 7) is -2.34. The van der Waals surface area contributed by atoms with Crippen LogP contribution in [0.5, 0.6) is 0 Å². The molecule has 0 aromatic carbocycles. The third-order valence-electron chi connectivity index (χ3n) is 10.8. The molecule has 0 spiro atoms. The number of aliphatic hydroxyl groups is 11. The summed E-state index contributed by atoms with van der Waals surface area (Å²) in [6.07, 6.45) is -22.6. The van der Waals surface area contributed by atoms with Crippen molar-refractivity contribution in [2.24, 2.45) is 0 Å². The SMILES string of the molecule is COC(=O)CCCCCCCCO[C@H]1O[C@H](CO[C@H]2O[C@H](CO[C@H]3O[C@H](CO[C@H]4O[C@H](CO)[C@@H](O)[C@@H]4O)[C@@H](O[C@H]4O[C@H](CO)[C@@H](O)[C@@H]4O)[C@@H]3O)[C@@H](O)[C@@H]2O)[C@@H](O)[C@@H]1O. The number of methoxy groups -OCH3 is 1. The van der Waals surface area contributed by atoms with Gasteiger partial charge in [-0.2, -0.15) is 0 Å². The van der Waals surface area contributed by atoms with E-state index in [1.807, 2.05) is 0 Å². The quantitative estimate of drug-likeness (QED) is 0.0337. The maximum Gasteiger partial charge on any atom is 0.305 e. The maximum atomic E-state index is 11.2.